The predicted octanol–water partition coefficient (Wildman–Crippen LogP) is 2.30. The maximum atomic E-state index is 11.9. The second kappa shape index (κ2) is 7.83. The maximum absolute atomic E-state index is 11.9. The molecule has 1 heterocycles. The number of benzene rings is 1. The minimum Gasteiger partial charge on any atom is -0.461 e. The van der Waals surface area contributed by atoms with Gasteiger partial charge in [-0.2, -0.15) is 0 Å². The van der Waals surface area contributed by atoms with Gasteiger partial charge in [0.25, 0.3) is 5.78 Å². The monoisotopic (exact) mass is 300 g/mol. The number of hydrogen-bond donors (Lipinski definition) is 0. The molecule has 0 bridgehead atoms. The number of esters is 1. The largest absolute Gasteiger partial charge is 0.461 e. The van der Waals surface area contributed by atoms with Crippen molar-refractivity contribution >= 4 is 11.8 Å². The molecule has 2 rings (SSSR count). The van der Waals surface area contributed by atoms with Gasteiger partial charge in [0.15, 0.2) is 5.76 Å². The van der Waals surface area contributed by atoms with E-state index in [-0.39, 0.29) is 13.4 Å². The smallest absolute Gasteiger partial charge is 0.379 e. The zero-order chi connectivity index (χ0) is 15.8. The molecule has 1 aromatic carbocycles. The Balaban J connectivity index is 2.16. The zero-order valence-corrected chi connectivity index (χ0v) is 12.0. The molecule has 5 nitrogen and oxygen atoms in total. The third kappa shape index (κ3) is 4.34. The molecule has 114 valence electrons. The van der Waals surface area contributed by atoms with Crippen LogP contribution in [0.2, 0.25) is 0 Å². The van der Waals surface area contributed by atoms with Crippen molar-refractivity contribution in [2.75, 3.05) is 13.4 Å². The van der Waals surface area contributed by atoms with Crippen LogP contribution in [-0.4, -0.2) is 25.2 Å². The van der Waals surface area contributed by atoms with Crippen molar-refractivity contribution < 1.29 is 23.8 Å². The van der Waals surface area contributed by atoms with Crippen LogP contribution in [0.15, 0.2) is 66.7 Å². The van der Waals surface area contributed by atoms with E-state index in [0.29, 0.717) is 17.8 Å². The molecule has 5 heteroatoms. The number of carbonyl (C=O) groups is 2. The summed E-state index contributed by atoms with van der Waals surface area (Å²) < 4.78 is 15.0. The van der Waals surface area contributed by atoms with Crippen LogP contribution in [-0.2, 0) is 30.2 Å². The summed E-state index contributed by atoms with van der Waals surface area (Å²) in [4.78, 5) is 23.4. The molecular weight excluding hydrogens is 284 g/mol. The third-order valence-electron chi connectivity index (χ3n) is 2.87. The fourth-order valence-electron chi connectivity index (χ4n) is 1.86. The lowest BCUT2D eigenvalue weighted by atomic mass is 10.0. The van der Waals surface area contributed by atoms with Crippen molar-refractivity contribution in [1.29, 1.82) is 0 Å². The summed E-state index contributed by atoms with van der Waals surface area (Å²) in [5.74, 6) is -1.23. The number of carbonyl (C=O) groups excluding carboxylic acids is 2. The SMILES string of the molecule is C=CCOC(=O)C(=O)C=C(Cc1ccccc1)C1=COCO1. The van der Waals surface area contributed by atoms with Crippen LogP contribution >= 0.6 is 0 Å². The number of rotatable bonds is 7. The maximum Gasteiger partial charge on any atom is 0.379 e. The topological polar surface area (TPSA) is 61.8 Å². The second-order valence-corrected chi connectivity index (χ2v) is 4.49. The van der Waals surface area contributed by atoms with E-state index in [2.05, 4.69) is 6.58 Å². The second-order valence-electron chi connectivity index (χ2n) is 4.49. The van der Waals surface area contributed by atoms with Crippen molar-refractivity contribution in [3.8, 4) is 0 Å². The van der Waals surface area contributed by atoms with Gasteiger partial charge in [0.2, 0.25) is 6.79 Å². The summed E-state index contributed by atoms with van der Waals surface area (Å²) in [5, 5.41) is 0. The molecular formula is C17H16O5. The predicted molar refractivity (Wildman–Crippen MR) is 79.5 cm³/mol. The number of hydrogen-bond acceptors (Lipinski definition) is 5. The van der Waals surface area contributed by atoms with E-state index in [0.717, 1.165) is 5.56 Å². The van der Waals surface area contributed by atoms with Crippen LogP contribution in [0.3, 0.4) is 0 Å². The summed E-state index contributed by atoms with van der Waals surface area (Å²) in [7, 11) is 0. The minimum atomic E-state index is -0.926. The molecule has 0 N–H and O–H groups in total. The van der Waals surface area contributed by atoms with Gasteiger partial charge in [-0.25, -0.2) is 4.79 Å². The van der Waals surface area contributed by atoms with Gasteiger partial charge in [-0.3, -0.25) is 4.79 Å². The fraction of sp³-hybridized carbons (Fsp3) is 0.176. The molecule has 0 amide bonds. The highest BCUT2D eigenvalue weighted by Crippen LogP contribution is 2.21. The quantitative estimate of drug-likeness (QED) is 0.335. The highest BCUT2D eigenvalue weighted by molar-refractivity contribution is 6.38. The van der Waals surface area contributed by atoms with Crippen molar-refractivity contribution in [2.24, 2.45) is 0 Å². The Morgan fingerprint density at radius 2 is 2.05 bits per heavy atom. The number of ether oxygens (including phenoxy) is 3. The first kappa shape index (κ1) is 15.6. The Labute approximate surface area is 128 Å². The van der Waals surface area contributed by atoms with Gasteiger partial charge in [0.1, 0.15) is 12.9 Å². The van der Waals surface area contributed by atoms with Gasteiger partial charge in [-0.05, 0) is 5.56 Å². The Morgan fingerprint density at radius 3 is 2.68 bits per heavy atom. The molecule has 0 saturated heterocycles. The first-order valence-electron chi connectivity index (χ1n) is 6.72. The highest BCUT2D eigenvalue weighted by atomic mass is 16.7. The summed E-state index contributed by atoms with van der Waals surface area (Å²) in [5.41, 5.74) is 1.54. The van der Waals surface area contributed by atoms with Gasteiger partial charge in [0, 0.05) is 18.1 Å². The zero-order valence-electron chi connectivity index (χ0n) is 12.0. The van der Waals surface area contributed by atoms with Gasteiger partial charge >= 0.3 is 5.97 Å². The normalized spacial score (nSPS) is 13.6. The summed E-state index contributed by atoms with van der Waals surface area (Å²) in [6, 6.07) is 9.54. The molecule has 0 radical (unpaired) electrons. The van der Waals surface area contributed by atoms with Crippen molar-refractivity contribution in [2.45, 2.75) is 6.42 Å². The molecule has 0 spiro atoms. The Hall–Kier alpha value is -2.82. The third-order valence-corrected chi connectivity index (χ3v) is 2.87. The fourth-order valence-corrected chi connectivity index (χ4v) is 1.86. The summed E-state index contributed by atoms with van der Waals surface area (Å²) >= 11 is 0. The van der Waals surface area contributed by atoms with Crippen LogP contribution in [0.1, 0.15) is 5.56 Å². The van der Waals surface area contributed by atoms with Gasteiger partial charge < -0.3 is 14.2 Å². The van der Waals surface area contributed by atoms with E-state index in [1.54, 1.807) is 0 Å². The van der Waals surface area contributed by atoms with Crippen molar-refractivity contribution in [3.63, 3.8) is 0 Å². The molecule has 22 heavy (non-hydrogen) atoms. The van der Waals surface area contributed by atoms with Crippen LogP contribution in [0.5, 0.6) is 0 Å². The highest BCUT2D eigenvalue weighted by Gasteiger charge is 2.18. The van der Waals surface area contributed by atoms with E-state index < -0.39 is 11.8 Å². The van der Waals surface area contributed by atoms with E-state index in [1.807, 2.05) is 30.3 Å². The first-order valence-corrected chi connectivity index (χ1v) is 6.72. The molecule has 0 aliphatic carbocycles. The van der Waals surface area contributed by atoms with Gasteiger partial charge in [0.05, 0.1) is 0 Å². The van der Waals surface area contributed by atoms with Crippen LogP contribution in [0, 0.1) is 0 Å². The molecule has 0 unspecified atom stereocenters. The van der Waals surface area contributed by atoms with E-state index in [4.69, 9.17) is 14.2 Å². The average molecular weight is 300 g/mol. The number of allylic oxidation sites excluding steroid dienone is 1. The van der Waals surface area contributed by atoms with Gasteiger partial charge in [-0.1, -0.05) is 43.0 Å². The molecule has 1 aliphatic rings. The van der Waals surface area contributed by atoms with Crippen molar-refractivity contribution in [3.05, 3.63) is 72.2 Å². The van der Waals surface area contributed by atoms with E-state index in [1.165, 1.54) is 18.4 Å². The van der Waals surface area contributed by atoms with Crippen molar-refractivity contribution in [1.82, 2.24) is 0 Å². The Morgan fingerprint density at radius 1 is 1.27 bits per heavy atom. The molecule has 1 aromatic rings. The lowest BCUT2D eigenvalue weighted by Gasteiger charge is -2.07. The van der Waals surface area contributed by atoms with Crippen LogP contribution in [0.4, 0.5) is 0 Å². The van der Waals surface area contributed by atoms with Gasteiger partial charge in [-0.15, -0.1) is 0 Å². The Bertz CT molecular complexity index is 613. The molecule has 0 aromatic heterocycles. The average Bonchev–Trinajstić information content (AvgIpc) is 3.07. The van der Waals surface area contributed by atoms with E-state index >= 15 is 0 Å². The molecule has 1 aliphatic heterocycles. The molecule has 0 fully saturated rings. The van der Waals surface area contributed by atoms with Crippen LogP contribution < -0.4 is 0 Å². The van der Waals surface area contributed by atoms with Crippen LogP contribution in [0.25, 0.3) is 0 Å². The lowest BCUT2D eigenvalue weighted by molar-refractivity contribution is -0.150. The molecule has 0 saturated carbocycles. The lowest BCUT2D eigenvalue weighted by Crippen LogP contribution is -2.16. The summed E-state index contributed by atoms with van der Waals surface area (Å²) in [6.07, 6.45) is 4.49. The first-order chi connectivity index (χ1) is 10.7. The molecule has 0 atom stereocenters. The number of ketones is 1. The summed E-state index contributed by atoms with van der Waals surface area (Å²) in [6.45, 7) is 3.51. The van der Waals surface area contributed by atoms with E-state index in [9.17, 15) is 9.59 Å². The Kier molecular flexibility index (Phi) is 5.54. The minimum absolute atomic E-state index is 0.00522. The standard InChI is InChI=1S/C17H16O5/c1-2-8-21-17(19)15(18)10-14(16-11-20-12-22-16)9-13-6-4-3-5-7-13/h2-7,10-11H,1,8-9,12H2.